The van der Waals surface area contributed by atoms with Crippen LogP contribution in [0.1, 0.15) is 432 Å². The van der Waals surface area contributed by atoms with E-state index in [0.29, 0.717) is 25.7 Å². The van der Waals surface area contributed by atoms with Crippen molar-refractivity contribution < 1.29 is 80.2 Å². The van der Waals surface area contributed by atoms with Crippen LogP contribution in [0.15, 0.2) is 0 Å². The summed E-state index contributed by atoms with van der Waals surface area (Å²) in [4.78, 5) is 73.0. The summed E-state index contributed by atoms with van der Waals surface area (Å²) in [5.74, 6) is -2.10. The lowest BCUT2D eigenvalue weighted by molar-refractivity contribution is -0.161. The van der Waals surface area contributed by atoms with Crippen LogP contribution >= 0.6 is 15.6 Å². The summed E-state index contributed by atoms with van der Waals surface area (Å²) in [5, 5.41) is 10.6. The van der Waals surface area contributed by atoms with Gasteiger partial charge in [-0.3, -0.25) is 37.3 Å². The first-order valence-corrected chi connectivity index (χ1v) is 44.8. The summed E-state index contributed by atoms with van der Waals surface area (Å²) in [6, 6.07) is 0. The molecule has 0 amide bonds. The number of carbonyl (C=O) groups excluding carboxylic acids is 4. The van der Waals surface area contributed by atoms with Gasteiger partial charge in [-0.2, -0.15) is 0 Å². The van der Waals surface area contributed by atoms with Crippen molar-refractivity contribution in [3.05, 3.63) is 0 Å². The number of aliphatic hydroxyl groups excluding tert-OH is 1. The van der Waals surface area contributed by atoms with Crippen LogP contribution in [-0.2, 0) is 65.4 Å². The molecular weight excluding hydrogens is 1290 g/mol. The van der Waals surface area contributed by atoms with Crippen molar-refractivity contribution in [3.63, 3.8) is 0 Å². The highest BCUT2D eigenvalue weighted by molar-refractivity contribution is 7.47. The van der Waals surface area contributed by atoms with Gasteiger partial charge in [0.25, 0.3) is 0 Å². The molecule has 0 saturated carbocycles. The van der Waals surface area contributed by atoms with Crippen molar-refractivity contribution in [3.8, 4) is 0 Å². The molecule has 0 aromatic carbocycles. The van der Waals surface area contributed by atoms with E-state index in [2.05, 4.69) is 27.7 Å². The quantitative estimate of drug-likeness (QED) is 0.0222. The lowest BCUT2D eigenvalue weighted by atomic mass is 10.0. The zero-order valence-electron chi connectivity index (χ0n) is 64.5. The third-order valence-corrected chi connectivity index (χ3v) is 20.8. The molecule has 0 aromatic rings. The van der Waals surface area contributed by atoms with E-state index >= 15 is 0 Å². The summed E-state index contributed by atoms with van der Waals surface area (Å²) in [7, 11) is -9.92. The zero-order valence-corrected chi connectivity index (χ0v) is 66.3. The number of phosphoric ester groups is 2. The topological polar surface area (TPSA) is 237 Å². The molecule has 0 aliphatic rings. The minimum atomic E-state index is -4.96. The largest absolute Gasteiger partial charge is 0.472 e. The smallest absolute Gasteiger partial charge is 0.462 e. The number of rotatable bonds is 81. The molecule has 0 fully saturated rings. The summed E-state index contributed by atoms with van der Waals surface area (Å²) < 4.78 is 68.7. The molecule has 99 heavy (non-hydrogen) atoms. The summed E-state index contributed by atoms with van der Waals surface area (Å²) >= 11 is 0. The van der Waals surface area contributed by atoms with Crippen molar-refractivity contribution in [2.45, 2.75) is 451 Å². The summed E-state index contributed by atoms with van der Waals surface area (Å²) in [6.07, 6.45) is 66.3. The molecule has 0 aromatic heterocycles. The maximum atomic E-state index is 13.1. The van der Waals surface area contributed by atoms with Gasteiger partial charge in [-0.05, 0) is 25.7 Å². The Morgan fingerprint density at radius 2 is 0.404 bits per heavy atom. The molecule has 19 heteroatoms. The fourth-order valence-corrected chi connectivity index (χ4v) is 14.0. The predicted octanol–water partition coefficient (Wildman–Crippen LogP) is 24.2. The second-order valence-electron chi connectivity index (χ2n) is 28.8. The first-order chi connectivity index (χ1) is 48.2. The van der Waals surface area contributed by atoms with Gasteiger partial charge in [-0.1, -0.05) is 381 Å². The van der Waals surface area contributed by atoms with Crippen molar-refractivity contribution in [1.29, 1.82) is 0 Å². The lowest BCUT2D eigenvalue weighted by Gasteiger charge is -2.21. The van der Waals surface area contributed by atoms with Gasteiger partial charge in [0.2, 0.25) is 0 Å². The first kappa shape index (κ1) is 97.1. The lowest BCUT2D eigenvalue weighted by Crippen LogP contribution is -2.30. The fourth-order valence-electron chi connectivity index (χ4n) is 12.5. The molecule has 0 aliphatic carbocycles. The number of ether oxygens (including phenoxy) is 4. The molecule has 0 heterocycles. The summed E-state index contributed by atoms with van der Waals surface area (Å²) in [5.41, 5.74) is 0. The van der Waals surface area contributed by atoms with E-state index in [1.165, 1.54) is 263 Å². The van der Waals surface area contributed by atoms with E-state index in [-0.39, 0.29) is 25.7 Å². The highest BCUT2D eigenvalue weighted by atomic mass is 31.2. The van der Waals surface area contributed by atoms with Crippen LogP contribution in [0.5, 0.6) is 0 Å². The molecular formula is C80H156O17P2. The number of unbranched alkanes of at least 4 members (excludes halogenated alkanes) is 55. The third-order valence-electron chi connectivity index (χ3n) is 18.9. The molecule has 2 unspecified atom stereocenters. The van der Waals surface area contributed by atoms with Gasteiger partial charge >= 0.3 is 39.5 Å². The van der Waals surface area contributed by atoms with E-state index in [9.17, 15) is 43.2 Å². The first-order valence-electron chi connectivity index (χ1n) is 41.8. The van der Waals surface area contributed by atoms with Crippen molar-refractivity contribution in [2.24, 2.45) is 0 Å². The van der Waals surface area contributed by atoms with E-state index in [1.54, 1.807) is 0 Å². The van der Waals surface area contributed by atoms with Gasteiger partial charge < -0.3 is 33.8 Å². The van der Waals surface area contributed by atoms with Crippen LogP contribution in [0.2, 0.25) is 0 Å². The number of hydrogen-bond donors (Lipinski definition) is 3. The fraction of sp³-hybridized carbons (Fsp3) is 0.950. The highest BCUT2D eigenvalue weighted by Crippen LogP contribution is 2.45. The second kappa shape index (κ2) is 74.3. The SMILES string of the molecule is CCCCCCCCCCCCCCCCCC(=O)OC[C@H](COP(=O)(O)OC[C@@H](O)COP(=O)(O)OC[C@@H](COC(=O)CCCCCCCCCCCCCCCCC)OC(=O)CCCCCCCCCCCCCCCCC)OC(=O)CCCCCCCCCCCCCCCC. The number of hydrogen-bond acceptors (Lipinski definition) is 15. The Bertz CT molecular complexity index is 1880. The van der Waals surface area contributed by atoms with E-state index < -0.39 is 97.5 Å². The van der Waals surface area contributed by atoms with Gasteiger partial charge in [0.1, 0.15) is 19.3 Å². The zero-order chi connectivity index (χ0) is 72.5. The second-order valence-corrected chi connectivity index (χ2v) is 31.7. The van der Waals surface area contributed by atoms with Gasteiger partial charge in [0, 0.05) is 25.7 Å². The maximum absolute atomic E-state index is 13.1. The molecule has 5 atom stereocenters. The van der Waals surface area contributed by atoms with Crippen LogP contribution < -0.4 is 0 Å². The van der Waals surface area contributed by atoms with Crippen molar-refractivity contribution >= 4 is 39.5 Å². The van der Waals surface area contributed by atoms with Gasteiger partial charge in [0.05, 0.1) is 26.4 Å². The van der Waals surface area contributed by atoms with Crippen LogP contribution in [0.25, 0.3) is 0 Å². The number of aliphatic hydroxyl groups is 1. The Morgan fingerprint density at radius 3 is 0.596 bits per heavy atom. The molecule has 0 aliphatic heterocycles. The average Bonchev–Trinajstić information content (AvgIpc) is 0.972. The Balaban J connectivity index is 5.26. The summed E-state index contributed by atoms with van der Waals surface area (Å²) in [6.45, 7) is 5.04. The molecule has 3 N–H and O–H groups in total. The molecule has 17 nitrogen and oxygen atoms in total. The Kier molecular flexibility index (Phi) is 72.9. The standard InChI is InChI=1S/C80H156O17P2/c1-5-9-13-17-21-25-29-33-37-41-44-48-52-56-60-64-77(82)90-70-75(96-79(84)66-62-58-54-50-46-40-36-32-28-24-20-16-12-8-4)72-94-98(86,87)92-68-74(81)69-93-99(88,89)95-73-76(97-80(85)67-63-59-55-51-47-43-39-35-31-27-23-19-15-11-7-3)71-91-78(83)65-61-57-53-49-45-42-38-34-30-26-22-18-14-10-6-2/h74-76,81H,5-73H2,1-4H3,(H,86,87)(H,88,89)/t74-,75-,76-/m1/s1. The van der Waals surface area contributed by atoms with E-state index in [1.807, 2.05) is 0 Å². The van der Waals surface area contributed by atoms with E-state index in [0.717, 1.165) is 89.9 Å². The van der Waals surface area contributed by atoms with Crippen molar-refractivity contribution in [1.82, 2.24) is 0 Å². The molecule has 0 rings (SSSR count). The van der Waals surface area contributed by atoms with Crippen LogP contribution in [0.3, 0.4) is 0 Å². The molecule has 0 radical (unpaired) electrons. The number of phosphoric acid groups is 2. The Morgan fingerprint density at radius 1 is 0.242 bits per heavy atom. The van der Waals surface area contributed by atoms with Gasteiger partial charge in [-0.15, -0.1) is 0 Å². The molecule has 588 valence electrons. The molecule has 0 saturated heterocycles. The maximum Gasteiger partial charge on any atom is 0.472 e. The Labute approximate surface area is 607 Å². The van der Waals surface area contributed by atoms with Crippen LogP contribution in [0, 0.1) is 0 Å². The Hall–Kier alpha value is -1.94. The van der Waals surface area contributed by atoms with Crippen LogP contribution in [-0.4, -0.2) is 96.7 Å². The normalized spacial score (nSPS) is 13.8. The predicted molar refractivity (Wildman–Crippen MR) is 405 cm³/mol. The minimum Gasteiger partial charge on any atom is -0.462 e. The number of carbonyl (C=O) groups is 4. The molecule has 0 bridgehead atoms. The van der Waals surface area contributed by atoms with Gasteiger partial charge in [-0.25, -0.2) is 9.13 Å². The van der Waals surface area contributed by atoms with E-state index in [4.69, 9.17) is 37.0 Å². The minimum absolute atomic E-state index is 0.109. The van der Waals surface area contributed by atoms with Crippen LogP contribution in [0.4, 0.5) is 0 Å². The highest BCUT2D eigenvalue weighted by Gasteiger charge is 2.30. The van der Waals surface area contributed by atoms with Gasteiger partial charge in [0.15, 0.2) is 12.2 Å². The average molecular weight is 1450 g/mol. The molecule has 0 spiro atoms. The number of esters is 4. The third kappa shape index (κ3) is 74.1. The monoisotopic (exact) mass is 1450 g/mol. The van der Waals surface area contributed by atoms with Crippen molar-refractivity contribution in [2.75, 3.05) is 39.6 Å².